The van der Waals surface area contributed by atoms with Gasteiger partial charge in [-0.3, -0.25) is 0 Å². The minimum atomic E-state index is -0.461. The molecule has 2 aromatic rings. The van der Waals surface area contributed by atoms with Crippen molar-refractivity contribution >= 4 is 40.7 Å². The molecule has 0 aliphatic heterocycles. The Hall–Kier alpha value is -1.48. The van der Waals surface area contributed by atoms with Gasteiger partial charge in [-0.25, -0.2) is 4.79 Å². The Morgan fingerprint density at radius 3 is 2.75 bits per heavy atom. The molecule has 2 rings (SSSR count). The van der Waals surface area contributed by atoms with Crippen LogP contribution in [-0.4, -0.2) is 11.7 Å². The monoisotopic (exact) mass is 323 g/mol. The standard InChI is InChI=1S/C14H10ClNO2S2/c1-2-19-14-9(8-16)7-12(20-14)13(17)18-11-5-3-10(15)4-6-11/h3-7H,2H2,1H3. The van der Waals surface area contributed by atoms with Gasteiger partial charge in [-0.2, -0.15) is 5.26 Å². The molecule has 102 valence electrons. The van der Waals surface area contributed by atoms with Crippen molar-refractivity contribution in [3.05, 3.63) is 45.8 Å². The third-order valence-corrected chi connectivity index (χ3v) is 4.86. The molecule has 1 aromatic carbocycles. The van der Waals surface area contributed by atoms with Gasteiger partial charge in [-0.15, -0.1) is 23.1 Å². The van der Waals surface area contributed by atoms with Gasteiger partial charge >= 0.3 is 5.97 Å². The van der Waals surface area contributed by atoms with Crippen molar-refractivity contribution in [1.29, 1.82) is 5.26 Å². The van der Waals surface area contributed by atoms with Crippen molar-refractivity contribution in [2.45, 2.75) is 11.1 Å². The van der Waals surface area contributed by atoms with Crippen molar-refractivity contribution in [2.75, 3.05) is 5.75 Å². The van der Waals surface area contributed by atoms with E-state index in [4.69, 9.17) is 21.6 Å². The summed E-state index contributed by atoms with van der Waals surface area (Å²) in [5.74, 6) is 0.814. The summed E-state index contributed by atoms with van der Waals surface area (Å²) in [6.45, 7) is 2.00. The molecule has 0 atom stereocenters. The predicted octanol–water partition coefficient (Wildman–Crippen LogP) is 4.60. The van der Waals surface area contributed by atoms with Crippen LogP contribution in [0, 0.1) is 11.3 Å². The summed E-state index contributed by atoms with van der Waals surface area (Å²) in [5, 5.41) is 9.62. The number of esters is 1. The maximum atomic E-state index is 12.0. The van der Waals surface area contributed by atoms with Crippen LogP contribution >= 0.6 is 34.7 Å². The highest BCUT2D eigenvalue weighted by Crippen LogP contribution is 2.32. The van der Waals surface area contributed by atoms with Crippen molar-refractivity contribution in [1.82, 2.24) is 0 Å². The lowest BCUT2D eigenvalue weighted by Gasteiger charge is -2.01. The molecule has 0 unspecified atom stereocenters. The molecule has 20 heavy (non-hydrogen) atoms. The highest BCUT2D eigenvalue weighted by atomic mass is 35.5. The van der Waals surface area contributed by atoms with Crippen LogP contribution in [0.4, 0.5) is 0 Å². The van der Waals surface area contributed by atoms with Crippen molar-refractivity contribution in [2.24, 2.45) is 0 Å². The quantitative estimate of drug-likeness (QED) is 0.468. The molecule has 0 spiro atoms. The van der Waals surface area contributed by atoms with Crippen LogP contribution in [-0.2, 0) is 0 Å². The smallest absolute Gasteiger partial charge is 0.353 e. The number of benzene rings is 1. The average Bonchev–Trinajstić information content (AvgIpc) is 2.85. The van der Waals surface area contributed by atoms with Gasteiger partial charge in [0, 0.05) is 5.02 Å². The minimum Gasteiger partial charge on any atom is -0.422 e. The normalized spacial score (nSPS) is 10.1. The number of hydrogen-bond donors (Lipinski definition) is 0. The van der Waals surface area contributed by atoms with Crippen LogP contribution < -0.4 is 4.74 Å². The summed E-state index contributed by atoms with van der Waals surface area (Å²) in [6.07, 6.45) is 0. The number of carbonyl (C=O) groups is 1. The van der Waals surface area contributed by atoms with Gasteiger partial charge in [-0.1, -0.05) is 18.5 Å². The molecular formula is C14H10ClNO2S2. The summed E-state index contributed by atoms with van der Waals surface area (Å²) in [7, 11) is 0. The first-order chi connectivity index (χ1) is 9.63. The van der Waals surface area contributed by atoms with Gasteiger partial charge in [0.1, 0.15) is 16.7 Å². The van der Waals surface area contributed by atoms with Crippen LogP contribution in [0.2, 0.25) is 5.02 Å². The van der Waals surface area contributed by atoms with E-state index in [0.29, 0.717) is 21.2 Å². The molecule has 1 aromatic heterocycles. The summed E-state index contributed by atoms with van der Waals surface area (Å²) in [6, 6.07) is 10.2. The van der Waals surface area contributed by atoms with Crippen molar-refractivity contribution < 1.29 is 9.53 Å². The van der Waals surface area contributed by atoms with E-state index in [9.17, 15) is 4.79 Å². The Morgan fingerprint density at radius 1 is 1.45 bits per heavy atom. The van der Waals surface area contributed by atoms with Crippen LogP contribution in [0.15, 0.2) is 34.5 Å². The molecule has 0 bridgehead atoms. The second-order valence-corrected chi connectivity index (χ2v) is 6.72. The maximum absolute atomic E-state index is 12.0. The van der Waals surface area contributed by atoms with Gasteiger partial charge in [0.05, 0.1) is 9.77 Å². The second kappa shape index (κ2) is 6.80. The van der Waals surface area contributed by atoms with E-state index in [0.717, 1.165) is 9.96 Å². The first kappa shape index (κ1) is 14.9. The Kier molecular flexibility index (Phi) is 5.07. The van der Waals surface area contributed by atoms with E-state index in [1.807, 2.05) is 6.92 Å². The molecule has 6 heteroatoms. The summed E-state index contributed by atoms with van der Waals surface area (Å²) in [4.78, 5) is 12.4. The van der Waals surface area contributed by atoms with Gasteiger partial charge < -0.3 is 4.74 Å². The minimum absolute atomic E-state index is 0.424. The van der Waals surface area contributed by atoms with Crippen LogP contribution in [0.5, 0.6) is 5.75 Å². The van der Waals surface area contributed by atoms with Crippen molar-refractivity contribution in [3.8, 4) is 11.8 Å². The number of carbonyl (C=O) groups excluding carboxylic acids is 1. The predicted molar refractivity (Wildman–Crippen MR) is 81.8 cm³/mol. The first-order valence-corrected chi connectivity index (χ1v) is 7.96. The Labute approximate surface area is 130 Å². The number of halogens is 1. The lowest BCUT2D eigenvalue weighted by molar-refractivity contribution is 0.0740. The van der Waals surface area contributed by atoms with Gasteiger partial charge in [0.25, 0.3) is 0 Å². The Morgan fingerprint density at radius 2 is 2.15 bits per heavy atom. The van der Waals surface area contributed by atoms with Crippen LogP contribution in [0.3, 0.4) is 0 Å². The van der Waals surface area contributed by atoms with Crippen LogP contribution in [0.1, 0.15) is 22.2 Å². The van der Waals surface area contributed by atoms with Crippen molar-refractivity contribution in [3.63, 3.8) is 0 Å². The molecule has 0 aliphatic rings. The zero-order valence-corrected chi connectivity index (χ0v) is 12.9. The third-order valence-electron chi connectivity index (χ3n) is 2.32. The molecule has 0 saturated carbocycles. The largest absolute Gasteiger partial charge is 0.422 e. The molecule has 0 amide bonds. The molecule has 3 nitrogen and oxygen atoms in total. The lowest BCUT2D eigenvalue weighted by atomic mass is 10.3. The van der Waals surface area contributed by atoms with Crippen LogP contribution in [0.25, 0.3) is 0 Å². The van der Waals surface area contributed by atoms with Gasteiger partial charge in [-0.05, 0) is 36.1 Å². The molecule has 0 fully saturated rings. The summed E-state index contributed by atoms with van der Waals surface area (Å²) < 4.78 is 6.09. The highest BCUT2D eigenvalue weighted by molar-refractivity contribution is 8.01. The highest BCUT2D eigenvalue weighted by Gasteiger charge is 2.16. The zero-order valence-electron chi connectivity index (χ0n) is 10.6. The Balaban J connectivity index is 2.17. The number of thioether (sulfide) groups is 1. The molecule has 0 N–H and O–H groups in total. The Bertz CT molecular complexity index is 659. The summed E-state index contributed by atoms with van der Waals surface area (Å²) in [5.41, 5.74) is 0.518. The number of nitriles is 1. The molecule has 1 heterocycles. The van der Waals surface area contributed by atoms with E-state index < -0.39 is 5.97 Å². The fourth-order valence-electron chi connectivity index (χ4n) is 1.45. The van der Waals surface area contributed by atoms with E-state index in [2.05, 4.69) is 6.07 Å². The van der Waals surface area contributed by atoms with E-state index in [-0.39, 0.29) is 0 Å². The second-order valence-electron chi connectivity index (χ2n) is 3.70. The topological polar surface area (TPSA) is 50.1 Å². The fourth-order valence-corrected chi connectivity index (χ4v) is 3.67. The molecular weight excluding hydrogens is 314 g/mol. The number of ether oxygens (including phenoxy) is 1. The fraction of sp³-hybridized carbons (Fsp3) is 0.143. The maximum Gasteiger partial charge on any atom is 0.353 e. The zero-order chi connectivity index (χ0) is 14.5. The SMILES string of the molecule is CCSc1sc(C(=O)Oc2ccc(Cl)cc2)cc1C#N. The summed E-state index contributed by atoms with van der Waals surface area (Å²) >= 11 is 8.59. The lowest BCUT2D eigenvalue weighted by Crippen LogP contribution is -2.06. The van der Waals surface area contributed by atoms with E-state index in [1.54, 1.807) is 42.1 Å². The number of thiophene rings is 1. The number of rotatable bonds is 4. The van der Waals surface area contributed by atoms with Gasteiger partial charge in [0.2, 0.25) is 0 Å². The van der Waals surface area contributed by atoms with E-state index in [1.165, 1.54) is 11.3 Å². The molecule has 0 aliphatic carbocycles. The first-order valence-electron chi connectivity index (χ1n) is 5.78. The third kappa shape index (κ3) is 3.54. The van der Waals surface area contributed by atoms with E-state index >= 15 is 0 Å². The molecule has 0 radical (unpaired) electrons. The average molecular weight is 324 g/mol. The van der Waals surface area contributed by atoms with Gasteiger partial charge in [0.15, 0.2) is 0 Å². The number of hydrogen-bond acceptors (Lipinski definition) is 5. The molecule has 0 saturated heterocycles. The number of nitrogens with zero attached hydrogens (tertiary/aromatic N) is 1.